The van der Waals surface area contributed by atoms with Crippen LogP contribution in [0.5, 0.6) is 17.2 Å². The molecule has 2 aromatic carbocycles. The van der Waals surface area contributed by atoms with Gasteiger partial charge in [-0.25, -0.2) is 5.43 Å². The van der Waals surface area contributed by atoms with Gasteiger partial charge < -0.3 is 19.5 Å². The van der Waals surface area contributed by atoms with Crippen molar-refractivity contribution in [1.82, 2.24) is 10.7 Å². The van der Waals surface area contributed by atoms with Gasteiger partial charge in [-0.05, 0) is 61.4 Å². The van der Waals surface area contributed by atoms with E-state index in [2.05, 4.69) is 15.8 Å². The van der Waals surface area contributed by atoms with Gasteiger partial charge in [-0.2, -0.15) is 5.10 Å². The van der Waals surface area contributed by atoms with Gasteiger partial charge in [0.05, 0.1) is 26.5 Å². The number of nitrogens with zero attached hydrogens (tertiary/aromatic N) is 1. The first-order valence-corrected chi connectivity index (χ1v) is 10.2. The molecule has 31 heavy (non-hydrogen) atoms. The molecule has 0 unspecified atom stereocenters. The maximum atomic E-state index is 12.1. The molecule has 0 saturated heterocycles. The monoisotopic (exact) mass is 427 g/mol. The molecule has 0 atom stereocenters. The summed E-state index contributed by atoms with van der Waals surface area (Å²) in [5, 5.41) is 6.66. The van der Waals surface area contributed by atoms with Crippen LogP contribution in [-0.2, 0) is 4.79 Å². The minimum Gasteiger partial charge on any atom is -0.497 e. The SMILES string of the molecule is CCCOc1ccc(C=NNC(=O)CCNC(=O)c2ccc(OC)cc2)cc1OCC. The van der Waals surface area contributed by atoms with Crippen molar-refractivity contribution < 1.29 is 23.8 Å². The van der Waals surface area contributed by atoms with Gasteiger partial charge in [0.2, 0.25) is 5.91 Å². The summed E-state index contributed by atoms with van der Waals surface area (Å²) in [5.41, 5.74) is 3.71. The summed E-state index contributed by atoms with van der Waals surface area (Å²) in [6.07, 6.45) is 2.54. The number of benzene rings is 2. The molecule has 0 aliphatic heterocycles. The normalized spacial score (nSPS) is 10.5. The quantitative estimate of drug-likeness (QED) is 0.401. The molecule has 0 bridgehead atoms. The molecule has 8 heteroatoms. The van der Waals surface area contributed by atoms with E-state index in [1.807, 2.05) is 26.0 Å². The fraction of sp³-hybridized carbons (Fsp3) is 0.348. The van der Waals surface area contributed by atoms with Gasteiger partial charge in [-0.1, -0.05) is 6.92 Å². The van der Waals surface area contributed by atoms with Gasteiger partial charge in [0.15, 0.2) is 11.5 Å². The molecule has 0 aliphatic carbocycles. The van der Waals surface area contributed by atoms with Crippen LogP contribution >= 0.6 is 0 Å². The molecule has 0 radical (unpaired) electrons. The van der Waals surface area contributed by atoms with Gasteiger partial charge >= 0.3 is 0 Å². The van der Waals surface area contributed by atoms with Crippen LogP contribution < -0.4 is 25.0 Å². The predicted molar refractivity (Wildman–Crippen MR) is 119 cm³/mol. The molecule has 0 aromatic heterocycles. The zero-order valence-electron chi connectivity index (χ0n) is 18.1. The smallest absolute Gasteiger partial charge is 0.251 e. The van der Waals surface area contributed by atoms with E-state index in [9.17, 15) is 9.59 Å². The van der Waals surface area contributed by atoms with Crippen LogP contribution in [0.1, 0.15) is 42.6 Å². The van der Waals surface area contributed by atoms with Crippen molar-refractivity contribution in [2.24, 2.45) is 5.10 Å². The number of amides is 2. The zero-order valence-corrected chi connectivity index (χ0v) is 18.1. The number of hydrazone groups is 1. The number of hydrogen-bond donors (Lipinski definition) is 2. The van der Waals surface area contributed by atoms with E-state index >= 15 is 0 Å². The first-order valence-electron chi connectivity index (χ1n) is 10.2. The van der Waals surface area contributed by atoms with Gasteiger partial charge in [0.25, 0.3) is 5.91 Å². The molecule has 2 amide bonds. The molecule has 8 nitrogen and oxygen atoms in total. The number of nitrogens with one attached hydrogen (secondary N) is 2. The highest BCUT2D eigenvalue weighted by atomic mass is 16.5. The third kappa shape index (κ3) is 8.00. The fourth-order valence-corrected chi connectivity index (χ4v) is 2.57. The Labute approximate surface area is 182 Å². The lowest BCUT2D eigenvalue weighted by Crippen LogP contribution is -2.29. The van der Waals surface area contributed by atoms with Crippen molar-refractivity contribution in [1.29, 1.82) is 0 Å². The highest BCUT2D eigenvalue weighted by Crippen LogP contribution is 2.28. The maximum Gasteiger partial charge on any atom is 0.251 e. The summed E-state index contributed by atoms with van der Waals surface area (Å²) in [4.78, 5) is 24.0. The minimum atomic E-state index is -0.306. The Morgan fingerprint density at radius 3 is 2.48 bits per heavy atom. The maximum absolute atomic E-state index is 12.1. The fourth-order valence-electron chi connectivity index (χ4n) is 2.57. The van der Waals surface area contributed by atoms with E-state index < -0.39 is 0 Å². The third-order valence-electron chi connectivity index (χ3n) is 4.12. The van der Waals surface area contributed by atoms with Crippen LogP contribution in [-0.4, -0.2) is 44.9 Å². The molecule has 2 rings (SSSR count). The number of methoxy groups -OCH3 is 1. The Morgan fingerprint density at radius 2 is 1.81 bits per heavy atom. The topological polar surface area (TPSA) is 98.2 Å². The van der Waals surface area contributed by atoms with E-state index in [0.717, 1.165) is 12.0 Å². The molecular formula is C23H29N3O5. The van der Waals surface area contributed by atoms with Crippen molar-refractivity contribution in [2.45, 2.75) is 26.7 Å². The van der Waals surface area contributed by atoms with Gasteiger partial charge in [-0.15, -0.1) is 0 Å². The highest BCUT2D eigenvalue weighted by Gasteiger charge is 2.07. The van der Waals surface area contributed by atoms with Gasteiger partial charge in [0, 0.05) is 18.5 Å². The Kier molecular flexibility index (Phi) is 9.87. The van der Waals surface area contributed by atoms with E-state index in [0.29, 0.717) is 36.0 Å². The second kappa shape index (κ2) is 12.9. The van der Waals surface area contributed by atoms with Crippen molar-refractivity contribution >= 4 is 18.0 Å². The Balaban J connectivity index is 1.79. The van der Waals surface area contributed by atoms with Gasteiger partial charge in [0.1, 0.15) is 5.75 Å². The van der Waals surface area contributed by atoms with E-state index in [1.165, 1.54) is 6.21 Å². The standard InChI is InChI=1S/C23H29N3O5/c1-4-14-31-20-11-6-17(15-21(20)30-5-2)16-25-26-22(27)12-13-24-23(28)18-7-9-19(29-3)10-8-18/h6-11,15-16H,4-5,12-14H2,1-3H3,(H,24,28)(H,26,27). The van der Waals surface area contributed by atoms with Crippen LogP contribution in [0.4, 0.5) is 0 Å². The Bertz CT molecular complexity index is 881. The van der Waals surface area contributed by atoms with Crippen LogP contribution in [0, 0.1) is 0 Å². The summed E-state index contributed by atoms with van der Waals surface area (Å²) in [6.45, 7) is 5.26. The second-order valence-electron chi connectivity index (χ2n) is 6.52. The lowest BCUT2D eigenvalue weighted by atomic mass is 10.2. The number of rotatable bonds is 12. The first kappa shape index (κ1) is 23.7. The molecular weight excluding hydrogens is 398 g/mol. The van der Waals surface area contributed by atoms with Crippen LogP contribution in [0.25, 0.3) is 0 Å². The summed E-state index contributed by atoms with van der Waals surface area (Å²) >= 11 is 0. The average molecular weight is 428 g/mol. The van der Waals surface area contributed by atoms with Crippen molar-refractivity contribution in [3.05, 3.63) is 53.6 Å². The molecule has 0 heterocycles. The van der Waals surface area contributed by atoms with Crippen LogP contribution in [0.15, 0.2) is 47.6 Å². The van der Waals surface area contributed by atoms with Gasteiger partial charge in [-0.3, -0.25) is 9.59 Å². The second-order valence-corrected chi connectivity index (χ2v) is 6.52. The van der Waals surface area contributed by atoms with E-state index in [4.69, 9.17) is 14.2 Å². The summed E-state index contributed by atoms with van der Waals surface area (Å²) in [5.74, 6) is 1.42. The van der Waals surface area contributed by atoms with Crippen molar-refractivity contribution in [2.75, 3.05) is 26.9 Å². The molecule has 0 saturated carbocycles. The lowest BCUT2D eigenvalue weighted by Gasteiger charge is -2.11. The average Bonchev–Trinajstić information content (AvgIpc) is 2.78. The third-order valence-corrected chi connectivity index (χ3v) is 4.12. The molecule has 0 fully saturated rings. The summed E-state index contributed by atoms with van der Waals surface area (Å²) in [7, 11) is 1.56. The van der Waals surface area contributed by atoms with E-state index in [1.54, 1.807) is 37.4 Å². The number of hydrogen-bond acceptors (Lipinski definition) is 6. The molecule has 0 spiro atoms. The highest BCUT2D eigenvalue weighted by molar-refractivity contribution is 5.94. The van der Waals surface area contributed by atoms with Crippen LogP contribution in [0.3, 0.4) is 0 Å². The molecule has 0 aliphatic rings. The Hall–Kier alpha value is -3.55. The van der Waals surface area contributed by atoms with E-state index in [-0.39, 0.29) is 24.8 Å². The molecule has 166 valence electrons. The van der Waals surface area contributed by atoms with Crippen molar-refractivity contribution in [3.63, 3.8) is 0 Å². The number of carbonyl (C=O) groups is 2. The molecule has 2 aromatic rings. The predicted octanol–water partition coefficient (Wildman–Crippen LogP) is 3.15. The van der Waals surface area contributed by atoms with Crippen molar-refractivity contribution in [3.8, 4) is 17.2 Å². The lowest BCUT2D eigenvalue weighted by molar-refractivity contribution is -0.120. The van der Waals surface area contributed by atoms with Crippen LogP contribution in [0.2, 0.25) is 0 Å². The summed E-state index contributed by atoms with van der Waals surface area (Å²) < 4.78 is 16.3. The minimum absolute atomic E-state index is 0.104. The number of carbonyl (C=O) groups excluding carboxylic acids is 2. The Morgan fingerprint density at radius 1 is 1.03 bits per heavy atom. The first-order chi connectivity index (χ1) is 15.1. The molecule has 2 N–H and O–H groups in total. The summed E-state index contributed by atoms with van der Waals surface area (Å²) in [6, 6.07) is 12.2. The largest absolute Gasteiger partial charge is 0.497 e. The number of ether oxygens (including phenoxy) is 3. The zero-order chi connectivity index (χ0) is 22.5.